The summed E-state index contributed by atoms with van der Waals surface area (Å²) >= 11 is 0. The van der Waals surface area contributed by atoms with Crippen molar-refractivity contribution in [3.8, 4) is 0 Å². The lowest BCUT2D eigenvalue weighted by Gasteiger charge is -2.32. The maximum atomic E-state index is 13.4. The Bertz CT molecular complexity index is 1140. The Kier molecular flexibility index (Phi) is 5.25. The standard InChI is InChI=1S/C20H20F3N7O/c1-10-17-18(29(3)11(2)19(31)27-17)28-20(26-10)24-6-13-7-25-30(9-13)8-12-4-14(21)16(23)15(22)5-12/h4-5,7,9,11H,6,8H2,1-3H3,(H,27,31)(H,24,26,28)/t11-/m0/s1. The van der Waals surface area contributed by atoms with E-state index in [1.807, 2.05) is 0 Å². The Morgan fingerprint density at radius 3 is 2.58 bits per heavy atom. The number of aromatic nitrogens is 4. The van der Waals surface area contributed by atoms with E-state index in [4.69, 9.17) is 0 Å². The predicted octanol–water partition coefficient (Wildman–Crippen LogP) is 2.84. The molecule has 1 amide bonds. The van der Waals surface area contributed by atoms with E-state index in [9.17, 15) is 18.0 Å². The Morgan fingerprint density at radius 1 is 1.16 bits per heavy atom. The molecule has 162 valence electrons. The van der Waals surface area contributed by atoms with Crippen LogP contribution in [0.2, 0.25) is 0 Å². The number of carbonyl (C=O) groups is 1. The fourth-order valence-corrected chi connectivity index (χ4v) is 3.28. The van der Waals surface area contributed by atoms with E-state index in [1.54, 1.807) is 38.2 Å². The number of hydrogen-bond donors (Lipinski definition) is 2. The van der Waals surface area contributed by atoms with E-state index in [1.165, 1.54) is 4.68 Å². The van der Waals surface area contributed by atoms with Gasteiger partial charge in [0.25, 0.3) is 0 Å². The van der Waals surface area contributed by atoms with E-state index < -0.39 is 17.5 Å². The maximum absolute atomic E-state index is 13.4. The molecule has 0 aliphatic carbocycles. The molecule has 11 heteroatoms. The molecule has 2 aromatic heterocycles. The average Bonchev–Trinajstić information content (AvgIpc) is 3.17. The monoisotopic (exact) mass is 431 g/mol. The molecule has 1 atom stereocenters. The third-order valence-corrected chi connectivity index (χ3v) is 5.14. The van der Waals surface area contributed by atoms with E-state index in [-0.39, 0.29) is 24.1 Å². The highest BCUT2D eigenvalue weighted by molar-refractivity contribution is 6.03. The number of rotatable bonds is 5. The Morgan fingerprint density at radius 2 is 1.87 bits per heavy atom. The van der Waals surface area contributed by atoms with Crippen molar-refractivity contribution in [2.45, 2.75) is 33.0 Å². The number of benzene rings is 1. The first-order valence-electron chi connectivity index (χ1n) is 9.54. The molecule has 4 rings (SSSR count). The highest BCUT2D eigenvalue weighted by atomic mass is 19.2. The van der Waals surface area contributed by atoms with Crippen molar-refractivity contribution in [3.63, 3.8) is 0 Å². The summed E-state index contributed by atoms with van der Waals surface area (Å²) in [6.07, 6.45) is 3.30. The Hall–Kier alpha value is -3.63. The van der Waals surface area contributed by atoms with Gasteiger partial charge in [-0.3, -0.25) is 9.48 Å². The second-order valence-electron chi connectivity index (χ2n) is 7.38. The van der Waals surface area contributed by atoms with Gasteiger partial charge in [0.15, 0.2) is 23.3 Å². The fourth-order valence-electron chi connectivity index (χ4n) is 3.28. The number of fused-ring (bicyclic) bond motifs is 1. The second-order valence-corrected chi connectivity index (χ2v) is 7.38. The maximum Gasteiger partial charge on any atom is 0.246 e. The molecule has 3 heterocycles. The lowest BCUT2D eigenvalue weighted by Crippen LogP contribution is -2.44. The summed E-state index contributed by atoms with van der Waals surface area (Å²) in [5, 5.41) is 10.1. The van der Waals surface area contributed by atoms with E-state index in [0.717, 1.165) is 17.7 Å². The molecule has 0 unspecified atom stereocenters. The molecule has 8 nitrogen and oxygen atoms in total. The molecule has 0 radical (unpaired) electrons. The molecule has 1 aromatic carbocycles. The smallest absolute Gasteiger partial charge is 0.246 e. The largest absolute Gasteiger partial charge is 0.350 e. The molecule has 1 aliphatic heterocycles. The molecule has 0 fully saturated rings. The summed E-state index contributed by atoms with van der Waals surface area (Å²) in [5.41, 5.74) is 2.27. The number of carbonyl (C=O) groups excluding carboxylic acids is 1. The van der Waals surface area contributed by atoms with Gasteiger partial charge in [-0.05, 0) is 31.5 Å². The molecular weight excluding hydrogens is 411 g/mol. The van der Waals surface area contributed by atoms with Crippen molar-refractivity contribution in [2.75, 3.05) is 22.6 Å². The molecule has 0 spiro atoms. The van der Waals surface area contributed by atoms with Gasteiger partial charge in [0.05, 0.1) is 18.4 Å². The molecule has 0 saturated heterocycles. The third kappa shape index (κ3) is 4.03. The summed E-state index contributed by atoms with van der Waals surface area (Å²) in [7, 11) is 1.80. The van der Waals surface area contributed by atoms with Crippen LogP contribution in [-0.2, 0) is 17.9 Å². The molecular formula is C20H20F3N7O. The zero-order valence-electron chi connectivity index (χ0n) is 17.1. The topological polar surface area (TPSA) is 88.0 Å². The molecule has 0 bridgehead atoms. The number of nitrogens with one attached hydrogen (secondary N) is 2. The highest BCUT2D eigenvalue weighted by Gasteiger charge is 2.30. The van der Waals surface area contributed by atoms with Gasteiger partial charge in [-0.25, -0.2) is 18.2 Å². The Labute approximate surface area is 176 Å². The quantitative estimate of drug-likeness (QED) is 0.604. The fraction of sp³-hybridized carbons (Fsp3) is 0.300. The number of halogens is 3. The first-order chi connectivity index (χ1) is 14.7. The van der Waals surface area contributed by atoms with E-state index in [0.29, 0.717) is 29.7 Å². The van der Waals surface area contributed by atoms with Crippen molar-refractivity contribution in [2.24, 2.45) is 0 Å². The highest BCUT2D eigenvalue weighted by Crippen LogP contribution is 2.32. The zero-order valence-corrected chi connectivity index (χ0v) is 17.1. The van der Waals surface area contributed by atoms with Crippen molar-refractivity contribution < 1.29 is 18.0 Å². The van der Waals surface area contributed by atoms with Crippen LogP contribution in [0.1, 0.15) is 23.7 Å². The molecule has 1 aliphatic rings. The van der Waals surface area contributed by atoms with Crippen LogP contribution in [0.15, 0.2) is 24.5 Å². The first-order valence-corrected chi connectivity index (χ1v) is 9.54. The van der Waals surface area contributed by atoms with Gasteiger partial charge in [-0.1, -0.05) is 0 Å². The van der Waals surface area contributed by atoms with Crippen LogP contribution in [0, 0.1) is 24.4 Å². The van der Waals surface area contributed by atoms with Gasteiger partial charge in [-0.15, -0.1) is 0 Å². The van der Waals surface area contributed by atoms with Crippen LogP contribution in [-0.4, -0.2) is 38.7 Å². The van der Waals surface area contributed by atoms with Crippen LogP contribution in [0.3, 0.4) is 0 Å². The first kappa shape index (κ1) is 20.6. The second kappa shape index (κ2) is 7.89. The van der Waals surface area contributed by atoms with Crippen molar-refractivity contribution >= 4 is 23.4 Å². The van der Waals surface area contributed by atoms with Crippen molar-refractivity contribution in [1.82, 2.24) is 19.7 Å². The van der Waals surface area contributed by atoms with Crippen LogP contribution in [0.5, 0.6) is 0 Å². The van der Waals surface area contributed by atoms with Gasteiger partial charge < -0.3 is 15.5 Å². The van der Waals surface area contributed by atoms with Gasteiger partial charge in [0, 0.05) is 25.4 Å². The SMILES string of the molecule is Cc1nc(NCc2cnn(Cc3cc(F)c(F)c(F)c3)c2)nc2c1NC(=O)[C@H](C)N2C. The minimum absolute atomic E-state index is 0.0882. The van der Waals surface area contributed by atoms with Gasteiger partial charge >= 0.3 is 0 Å². The third-order valence-electron chi connectivity index (χ3n) is 5.14. The summed E-state index contributed by atoms with van der Waals surface area (Å²) in [6.45, 7) is 4.02. The zero-order chi connectivity index (χ0) is 22.3. The molecule has 2 N–H and O–H groups in total. The number of amides is 1. The van der Waals surface area contributed by atoms with Gasteiger partial charge in [0.2, 0.25) is 11.9 Å². The number of likely N-dealkylation sites (N-methyl/N-ethyl adjacent to an activating group) is 1. The van der Waals surface area contributed by atoms with Crippen LogP contribution < -0.4 is 15.5 Å². The van der Waals surface area contributed by atoms with Gasteiger partial charge in [0.1, 0.15) is 11.7 Å². The Balaban J connectivity index is 1.46. The predicted molar refractivity (Wildman–Crippen MR) is 108 cm³/mol. The summed E-state index contributed by atoms with van der Waals surface area (Å²) in [6, 6.07) is 1.53. The number of aryl methyl sites for hydroxylation is 1. The summed E-state index contributed by atoms with van der Waals surface area (Å²) < 4.78 is 41.4. The van der Waals surface area contributed by atoms with Crippen molar-refractivity contribution in [1.29, 1.82) is 0 Å². The number of nitrogens with zero attached hydrogens (tertiary/aromatic N) is 5. The molecule has 31 heavy (non-hydrogen) atoms. The lowest BCUT2D eigenvalue weighted by molar-refractivity contribution is -0.117. The minimum atomic E-state index is -1.49. The van der Waals surface area contributed by atoms with Crippen LogP contribution in [0.25, 0.3) is 0 Å². The number of anilines is 3. The normalized spacial score (nSPS) is 15.6. The molecule has 3 aromatic rings. The van der Waals surface area contributed by atoms with Crippen molar-refractivity contribution in [3.05, 3.63) is 58.8 Å². The van der Waals surface area contributed by atoms with Crippen LogP contribution in [0.4, 0.5) is 30.6 Å². The van der Waals surface area contributed by atoms with E-state index in [2.05, 4.69) is 25.7 Å². The average molecular weight is 431 g/mol. The molecule has 0 saturated carbocycles. The minimum Gasteiger partial charge on any atom is -0.350 e. The van der Waals surface area contributed by atoms with Crippen LogP contribution >= 0.6 is 0 Å². The summed E-state index contributed by atoms with van der Waals surface area (Å²) in [4.78, 5) is 22.7. The lowest BCUT2D eigenvalue weighted by atomic mass is 10.2. The summed E-state index contributed by atoms with van der Waals surface area (Å²) in [5.74, 6) is -3.07. The number of hydrogen-bond acceptors (Lipinski definition) is 6. The van der Waals surface area contributed by atoms with E-state index >= 15 is 0 Å². The van der Waals surface area contributed by atoms with Gasteiger partial charge in [-0.2, -0.15) is 10.1 Å².